The maximum absolute atomic E-state index is 13.1. The number of thioether (sulfide) groups is 1. The number of pyridine rings is 1. The van der Waals surface area contributed by atoms with E-state index in [-0.39, 0.29) is 20.2 Å². The molecule has 1 aliphatic rings. The van der Waals surface area contributed by atoms with Crippen LogP contribution in [0.2, 0.25) is 0 Å². The molecule has 3 heterocycles. The van der Waals surface area contributed by atoms with Crippen LogP contribution in [0.3, 0.4) is 0 Å². The molecule has 1 aliphatic heterocycles. The zero-order valence-corrected chi connectivity index (χ0v) is 21.8. The first-order valence-corrected chi connectivity index (χ1v) is 13.4. The molecule has 14 heteroatoms. The van der Waals surface area contributed by atoms with E-state index in [2.05, 4.69) is 36.5 Å². The molecule has 0 saturated heterocycles. The molecule has 0 aliphatic carbocycles. The van der Waals surface area contributed by atoms with Gasteiger partial charge >= 0.3 is 6.03 Å². The Morgan fingerprint density at radius 3 is 2.71 bits per heavy atom. The standard InChI is InChI=1S/C20H18BrClN6O4S2/c1-10-25-14-8-15(23-2)13(21)7-12(14)19(29)28(10)17-5-3-11(9-24-17)26-20(30)27-34(31,32)18-6-4-16(22)33-18/h3,5-9,16,23H,4H2,1-2H3,(H2,26,27,30). The van der Waals surface area contributed by atoms with Crippen molar-refractivity contribution in [3.8, 4) is 5.82 Å². The number of sulfonamides is 1. The molecule has 0 radical (unpaired) electrons. The van der Waals surface area contributed by atoms with Crippen molar-refractivity contribution in [1.82, 2.24) is 19.3 Å². The van der Waals surface area contributed by atoms with Crippen molar-refractivity contribution in [3.63, 3.8) is 0 Å². The molecule has 0 spiro atoms. The van der Waals surface area contributed by atoms with Gasteiger partial charge in [-0.25, -0.2) is 32.5 Å². The van der Waals surface area contributed by atoms with Gasteiger partial charge in [-0.05, 0) is 53.5 Å². The van der Waals surface area contributed by atoms with Gasteiger partial charge in [0.1, 0.15) is 15.9 Å². The van der Waals surface area contributed by atoms with Gasteiger partial charge in [0.25, 0.3) is 15.6 Å². The topological polar surface area (TPSA) is 135 Å². The number of benzene rings is 1. The lowest BCUT2D eigenvalue weighted by Crippen LogP contribution is -2.34. The number of carbonyl (C=O) groups is 1. The number of hydrogen-bond acceptors (Lipinski definition) is 8. The van der Waals surface area contributed by atoms with Crippen LogP contribution in [0.25, 0.3) is 16.7 Å². The zero-order valence-electron chi connectivity index (χ0n) is 17.8. The van der Waals surface area contributed by atoms with E-state index < -0.39 is 16.1 Å². The van der Waals surface area contributed by atoms with E-state index in [4.69, 9.17) is 11.6 Å². The molecular formula is C20H18BrClN6O4S2. The van der Waals surface area contributed by atoms with Crippen LogP contribution in [0.5, 0.6) is 0 Å². The van der Waals surface area contributed by atoms with Crippen LogP contribution in [0, 0.1) is 6.92 Å². The minimum absolute atomic E-state index is 0.00301. The summed E-state index contributed by atoms with van der Waals surface area (Å²) in [6, 6.07) is 5.55. The second-order valence-corrected chi connectivity index (χ2v) is 11.9. The average Bonchev–Trinajstić information content (AvgIpc) is 3.22. The SMILES string of the molecule is CNc1cc2nc(C)n(-c3ccc(NC(=O)NS(=O)(=O)C4=CCC(Cl)S4)cn3)c(=O)c2cc1Br. The quantitative estimate of drug-likeness (QED) is 0.384. The molecule has 1 aromatic carbocycles. The third-order valence-electron chi connectivity index (χ3n) is 4.83. The molecule has 10 nitrogen and oxygen atoms in total. The van der Waals surface area contributed by atoms with Gasteiger partial charge in [-0.15, -0.1) is 11.6 Å². The van der Waals surface area contributed by atoms with Crippen LogP contribution in [0.15, 0.2) is 50.0 Å². The second-order valence-electron chi connectivity index (χ2n) is 7.15. The van der Waals surface area contributed by atoms with Crippen LogP contribution in [0.1, 0.15) is 12.2 Å². The Balaban J connectivity index is 1.56. The van der Waals surface area contributed by atoms with Crippen molar-refractivity contribution in [2.24, 2.45) is 0 Å². The predicted molar refractivity (Wildman–Crippen MR) is 138 cm³/mol. The Kier molecular flexibility index (Phi) is 6.90. The van der Waals surface area contributed by atoms with Crippen molar-refractivity contribution in [1.29, 1.82) is 0 Å². The third-order valence-corrected chi connectivity index (χ3v) is 8.88. The first kappa shape index (κ1) is 24.5. The Morgan fingerprint density at radius 2 is 2.09 bits per heavy atom. The molecule has 4 rings (SSSR count). The molecule has 2 amide bonds. The number of nitrogens with one attached hydrogen (secondary N) is 3. The van der Waals surface area contributed by atoms with E-state index >= 15 is 0 Å². The van der Waals surface area contributed by atoms with Crippen molar-refractivity contribution in [3.05, 3.63) is 61.4 Å². The summed E-state index contributed by atoms with van der Waals surface area (Å²) < 4.78 is 28.2. The van der Waals surface area contributed by atoms with Crippen LogP contribution < -0.4 is 20.9 Å². The molecule has 1 unspecified atom stereocenters. The van der Waals surface area contributed by atoms with Crippen molar-refractivity contribution in [2.45, 2.75) is 18.1 Å². The number of halogens is 2. The minimum Gasteiger partial charge on any atom is -0.387 e. The lowest BCUT2D eigenvalue weighted by molar-refractivity contribution is 0.256. The van der Waals surface area contributed by atoms with Gasteiger partial charge in [-0.1, -0.05) is 17.8 Å². The van der Waals surface area contributed by atoms with E-state index in [1.54, 1.807) is 26.1 Å². The van der Waals surface area contributed by atoms with Gasteiger partial charge in [-0.2, -0.15) is 0 Å². The second kappa shape index (κ2) is 9.56. The van der Waals surface area contributed by atoms with Gasteiger partial charge in [0, 0.05) is 11.5 Å². The number of rotatable bonds is 5. The van der Waals surface area contributed by atoms with Crippen molar-refractivity contribution in [2.75, 3.05) is 17.7 Å². The Bertz CT molecular complexity index is 1490. The fourth-order valence-electron chi connectivity index (χ4n) is 3.28. The van der Waals surface area contributed by atoms with Gasteiger partial charge in [0.2, 0.25) is 0 Å². The Morgan fingerprint density at radius 1 is 1.32 bits per heavy atom. The summed E-state index contributed by atoms with van der Waals surface area (Å²) >= 11 is 10.3. The van der Waals surface area contributed by atoms with Crippen molar-refractivity contribution >= 4 is 77.6 Å². The van der Waals surface area contributed by atoms with Gasteiger partial charge in [0.15, 0.2) is 0 Å². The fourth-order valence-corrected chi connectivity index (χ4v) is 6.69. The smallest absolute Gasteiger partial charge is 0.333 e. The highest BCUT2D eigenvalue weighted by Gasteiger charge is 2.27. The minimum atomic E-state index is -4.01. The summed E-state index contributed by atoms with van der Waals surface area (Å²) in [6.45, 7) is 1.69. The summed E-state index contributed by atoms with van der Waals surface area (Å²) in [6.07, 6.45) is 3.17. The number of alkyl halides is 1. The number of fused-ring (bicyclic) bond motifs is 1. The summed E-state index contributed by atoms with van der Waals surface area (Å²) in [7, 11) is -2.24. The molecule has 1 atom stereocenters. The Labute approximate surface area is 212 Å². The van der Waals surface area contributed by atoms with Crippen molar-refractivity contribution < 1.29 is 13.2 Å². The number of nitrogens with zero attached hydrogens (tertiary/aromatic N) is 3. The molecule has 0 saturated carbocycles. The number of urea groups is 1. The number of anilines is 2. The van der Waals surface area contributed by atoms with Crippen LogP contribution in [0.4, 0.5) is 16.2 Å². The van der Waals surface area contributed by atoms with E-state index in [0.29, 0.717) is 29.0 Å². The van der Waals surface area contributed by atoms with Crippen LogP contribution in [-0.2, 0) is 10.0 Å². The highest BCUT2D eigenvalue weighted by Crippen LogP contribution is 2.37. The van der Waals surface area contributed by atoms with E-state index in [1.807, 2.05) is 4.72 Å². The van der Waals surface area contributed by atoms with E-state index in [9.17, 15) is 18.0 Å². The Hall–Kier alpha value is -2.61. The highest BCUT2D eigenvalue weighted by atomic mass is 79.9. The van der Waals surface area contributed by atoms with Crippen LogP contribution >= 0.6 is 39.3 Å². The third kappa shape index (κ3) is 4.92. The molecule has 2 aromatic heterocycles. The summed E-state index contributed by atoms with van der Waals surface area (Å²) in [4.78, 5) is 34.1. The van der Waals surface area contributed by atoms with Gasteiger partial charge in [0.05, 0.1) is 33.2 Å². The number of hydrogen-bond donors (Lipinski definition) is 3. The first-order chi connectivity index (χ1) is 16.1. The largest absolute Gasteiger partial charge is 0.387 e. The molecule has 34 heavy (non-hydrogen) atoms. The number of carbonyl (C=O) groups excluding carboxylic acids is 1. The van der Waals surface area contributed by atoms with E-state index in [0.717, 1.165) is 21.9 Å². The molecule has 178 valence electrons. The molecule has 0 bridgehead atoms. The number of aromatic nitrogens is 3. The number of allylic oxidation sites excluding steroid dienone is 1. The predicted octanol–water partition coefficient (Wildman–Crippen LogP) is 3.89. The van der Waals surface area contributed by atoms with E-state index in [1.165, 1.54) is 29.0 Å². The maximum atomic E-state index is 13.1. The summed E-state index contributed by atoms with van der Waals surface area (Å²) in [5.74, 6) is 0.726. The molecule has 3 N–H and O–H groups in total. The molecule has 3 aromatic rings. The van der Waals surface area contributed by atoms with Gasteiger partial charge < -0.3 is 10.6 Å². The summed E-state index contributed by atoms with van der Waals surface area (Å²) in [5.41, 5.74) is 1.28. The highest BCUT2D eigenvalue weighted by molar-refractivity contribution is 9.10. The lowest BCUT2D eigenvalue weighted by atomic mass is 10.2. The maximum Gasteiger partial charge on any atom is 0.333 e. The first-order valence-electron chi connectivity index (χ1n) is 9.81. The zero-order chi connectivity index (χ0) is 24.6. The molecule has 0 fully saturated rings. The number of aryl methyl sites for hydroxylation is 1. The summed E-state index contributed by atoms with van der Waals surface area (Å²) in [5, 5.41) is 5.85. The fraction of sp³-hybridized carbons (Fsp3) is 0.200. The monoisotopic (exact) mass is 584 g/mol. The van der Waals surface area contributed by atoms with Crippen LogP contribution in [-0.4, -0.2) is 40.7 Å². The molecular weight excluding hydrogens is 568 g/mol. The van der Waals surface area contributed by atoms with Gasteiger partial charge in [-0.3, -0.25) is 4.79 Å². The average molecular weight is 586 g/mol. The number of amides is 2. The normalized spacial score (nSPS) is 15.8. The lowest BCUT2D eigenvalue weighted by Gasteiger charge is -2.13.